The molecule has 2 amide bonds. The van der Waals surface area contributed by atoms with Crippen LogP contribution < -0.4 is 10.1 Å². The summed E-state index contributed by atoms with van der Waals surface area (Å²) in [7, 11) is 1.62. The summed E-state index contributed by atoms with van der Waals surface area (Å²) in [6.45, 7) is 3.28. The fourth-order valence-corrected chi connectivity index (χ4v) is 3.90. The first kappa shape index (κ1) is 21.2. The quantitative estimate of drug-likeness (QED) is 0.633. The zero-order valence-corrected chi connectivity index (χ0v) is 17.8. The Morgan fingerprint density at radius 1 is 1.21 bits per heavy atom. The van der Waals surface area contributed by atoms with Gasteiger partial charge in [-0.25, -0.2) is 0 Å². The van der Waals surface area contributed by atoms with E-state index in [0.29, 0.717) is 11.7 Å². The van der Waals surface area contributed by atoms with Crippen LogP contribution in [0, 0.1) is 5.92 Å². The van der Waals surface area contributed by atoms with Crippen molar-refractivity contribution in [2.24, 2.45) is 5.92 Å². The first-order valence-corrected chi connectivity index (χ1v) is 11.0. The van der Waals surface area contributed by atoms with Gasteiger partial charge in [0.25, 0.3) is 0 Å². The van der Waals surface area contributed by atoms with Crippen LogP contribution in [-0.4, -0.2) is 47.1 Å². The number of nitrogens with one attached hydrogen (secondary N) is 1. The lowest BCUT2D eigenvalue weighted by atomic mass is 9.84. The third kappa shape index (κ3) is 5.76. The van der Waals surface area contributed by atoms with Gasteiger partial charge in [-0.15, -0.1) is 10.2 Å². The van der Waals surface area contributed by atoms with E-state index in [0.717, 1.165) is 55.0 Å². The monoisotopic (exact) mass is 416 g/mol. The van der Waals surface area contributed by atoms with E-state index < -0.39 is 0 Å². The number of aromatic nitrogens is 2. The predicted molar refractivity (Wildman–Crippen MR) is 114 cm³/mol. The minimum absolute atomic E-state index is 0.148. The first-order valence-electron chi connectivity index (χ1n) is 10.2. The van der Waals surface area contributed by atoms with Gasteiger partial charge in [-0.2, -0.15) is 0 Å². The summed E-state index contributed by atoms with van der Waals surface area (Å²) in [4.78, 5) is 26.8. The average Bonchev–Trinajstić information content (AvgIpc) is 3.15. The van der Waals surface area contributed by atoms with Gasteiger partial charge in [-0.3, -0.25) is 9.59 Å². The molecule has 1 saturated carbocycles. The standard InChI is InChI=1S/C21H28N4O3S/c1-3-4-13-25(20(27)16-6-5-7-16)14-12-18(26)22-21-24-23-19(29-21)15-8-10-17(28-2)11-9-15/h8-11,16H,3-7,12-14H2,1-2H3,(H,22,24,26). The van der Waals surface area contributed by atoms with Crippen molar-refractivity contribution >= 4 is 28.3 Å². The number of ether oxygens (including phenoxy) is 1. The topological polar surface area (TPSA) is 84.4 Å². The third-order valence-corrected chi connectivity index (χ3v) is 6.05. The highest BCUT2D eigenvalue weighted by Crippen LogP contribution is 2.29. The number of nitrogens with zero attached hydrogens (tertiary/aromatic N) is 3. The molecule has 156 valence electrons. The van der Waals surface area contributed by atoms with E-state index >= 15 is 0 Å². The van der Waals surface area contributed by atoms with Crippen LogP contribution in [0.2, 0.25) is 0 Å². The van der Waals surface area contributed by atoms with Crippen molar-refractivity contribution in [3.8, 4) is 16.3 Å². The van der Waals surface area contributed by atoms with Crippen molar-refractivity contribution < 1.29 is 14.3 Å². The Labute approximate surface area is 175 Å². The first-order chi connectivity index (χ1) is 14.1. The van der Waals surface area contributed by atoms with Crippen molar-refractivity contribution in [2.75, 3.05) is 25.5 Å². The molecule has 1 N–H and O–H groups in total. The van der Waals surface area contributed by atoms with Crippen LogP contribution in [0.5, 0.6) is 5.75 Å². The van der Waals surface area contributed by atoms with E-state index in [9.17, 15) is 9.59 Å². The maximum atomic E-state index is 12.6. The van der Waals surface area contributed by atoms with Crippen molar-refractivity contribution in [1.29, 1.82) is 0 Å². The van der Waals surface area contributed by atoms with E-state index in [1.54, 1.807) is 7.11 Å². The van der Waals surface area contributed by atoms with Crippen LogP contribution in [0.3, 0.4) is 0 Å². The molecule has 0 unspecified atom stereocenters. The van der Waals surface area contributed by atoms with Crippen LogP contribution in [0.15, 0.2) is 24.3 Å². The average molecular weight is 417 g/mol. The largest absolute Gasteiger partial charge is 0.497 e. The Morgan fingerprint density at radius 2 is 1.97 bits per heavy atom. The van der Waals surface area contributed by atoms with Crippen LogP contribution in [0.1, 0.15) is 45.4 Å². The van der Waals surface area contributed by atoms with Gasteiger partial charge in [0, 0.05) is 31.0 Å². The van der Waals surface area contributed by atoms with Crippen LogP contribution >= 0.6 is 11.3 Å². The lowest BCUT2D eigenvalue weighted by Crippen LogP contribution is -2.41. The molecule has 2 aromatic rings. The summed E-state index contributed by atoms with van der Waals surface area (Å²) in [6.07, 6.45) is 5.34. The smallest absolute Gasteiger partial charge is 0.227 e. The zero-order valence-electron chi connectivity index (χ0n) is 17.0. The summed E-state index contributed by atoms with van der Waals surface area (Å²) in [6, 6.07) is 7.53. The number of unbranched alkanes of at least 4 members (excludes halogenated alkanes) is 1. The van der Waals surface area contributed by atoms with Crippen LogP contribution in [0.25, 0.3) is 10.6 Å². The number of methoxy groups -OCH3 is 1. The Kier molecular flexibility index (Phi) is 7.57. The number of benzene rings is 1. The highest BCUT2D eigenvalue weighted by molar-refractivity contribution is 7.18. The molecule has 29 heavy (non-hydrogen) atoms. The van der Waals surface area contributed by atoms with Gasteiger partial charge in [0.1, 0.15) is 10.8 Å². The molecule has 3 rings (SSSR count). The number of amides is 2. The van der Waals surface area contributed by atoms with E-state index in [-0.39, 0.29) is 24.2 Å². The normalized spacial score (nSPS) is 13.6. The van der Waals surface area contributed by atoms with E-state index in [4.69, 9.17) is 4.74 Å². The molecule has 0 bridgehead atoms. The molecule has 1 aromatic carbocycles. The maximum absolute atomic E-state index is 12.6. The maximum Gasteiger partial charge on any atom is 0.227 e. The number of rotatable bonds is 10. The third-order valence-electron chi connectivity index (χ3n) is 5.16. The van der Waals surface area contributed by atoms with Gasteiger partial charge < -0.3 is 15.0 Å². The SMILES string of the molecule is CCCCN(CCC(=O)Nc1nnc(-c2ccc(OC)cc2)s1)C(=O)C1CCC1. The number of hydrogen-bond acceptors (Lipinski definition) is 6. The summed E-state index contributed by atoms with van der Waals surface area (Å²) in [5.74, 6) is 0.988. The van der Waals surface area contributed by atoms with Crippen LogP contribution in [0.4, 0.5) is 5.13 Å². The van der Waals surface area contributed by atoms with Crippen molar-refractivity contribution in [3.05, 3.63) is 24.3 Å². The Bertz CT molecular complexity index is 818. The molecule has 0 spiro atoms. The molecule has 0 radical (unpaired) electrons. The molecule has 8 heteroatoms. The minimum atomic E-state index is -0.148. The number of carbonyl (C=O) groups excluding carboxylic acids is 2. The van der Waals surface area contributed by atoms with Gasteiger partial charge in [-0.1, -0.05) is 31.1 Å². The molecule has 0 saturated heterocycles. The number of hydrogen-bond donors (Lipinski definition) is 1. The highest BCUT2D eigenvalue weighted by atomic mass is 32.1. The van der Waals surface area contributed by atoms with E-state index in [2.05, 4.69) is 22.4 Å². The second-order valence-corrected chi connectivity index (χ2v) is 8.22. The molecular weight excluding hydrogens is 388 g/mol. The minimum Gasteiger partial charge on any atom is -0.497 e. The second-order valence-electron chi connectivity index (χ2n) is 7.25. The highest BCUT2D eigenvalue weighted by Gasteiger charge is 2.29. The predicted octanol–water partition coefficient (Wildman–Crippen LogP) is 3.97. The molecule has 1 aliphatic carbocycles. The number of anilines is 1. The fourth-order valence-electron chi connectivity index (χ4n) is 3.14. The molecule has 1 fully saturated rings. The Morgan fingerprint density at radius 3 is 2.59 bits per heavy atom. The van der Waals surface area contributed by atoms with Gasteiger partial charge in [0.2, 0.25) is 16.9 Å². The van der Waals surface area contributed by atoms with Gasteiger partial charge in [0.15, 0.2) is 0 Å². The van der Waals surface area contributed by atoms with E-state index in [1.807, 2.05) is 29.2 Å². The van der Waals surface area contributed by atoms with Crippen molar-refractivity contribution in [3.63, 3.8) is 0 Å². The second kappa shape index (κ2) is 10.3. The summed E-state index contributed by atoms with van der Waals surface area (Å²) in [5, 5.41) is 12.2. The number of carbonyl (C=O) groups is 2. The molecular formula is C21H28N4O3S. The van der Waals surface area contributed by atoms with Crippen LogP contribution in [-0.2, 0) is 9.59 Å². The van der Waals surface area contributed by atoms with Gasteiger partial charge in [0.05, 0.1) is 7.11 Å². The van der Waals surface area contributed by atoms with E-state index in [1.165, 1.54) is 11.3 Å². The molecule has 1 aromatic heterocycles. The molecule has 0 aliphatic heterocycles. The Balaban J connectivity index is 1.52. The molecule has 1 heterocycles. The zero-order chi connectivity index (χ0) is 20.6. The van der Waals surface area contributed by atoms with Crippen molar-refractivity contribution in [1.82, 2.24) is 15.1 Å². The fraction of sp³-hybridized carbons (Fsp3) is 0.524. The molecule has 1 aliphatic rings. The Hall–Kier alpha value is -2.48. The van der Waals surface area contributed by atoms with Gasteiger partial charge in [-0.05, 0) is 43.5 Å². The van der Waals surface area contributed by atoms with Crippen molar-refractivity contribution in [2.45, 2.75) is 45.4 Å². The van der Waals surface area contributed by atoms with Gasteiger partial charge >= 0.3 is 0 Å². The summed E-state index contributed by atoms with van der Waals surface area (Å²) < 4.78 is 5.16. The summed E-state index contributed by atoms with van der Waals surface area (Å²) in [5.41, 5.74) is 0.917. The lowest BCUT2D eigenvalue weighted by molar-refractivity contribution is -0.138. The lowest BCUT2D eigenvalue weighted by Gasteiger charge is -2.31. The molecule has 7 nitrogen and oxygen atoms in total. The summed E-state index contributed by atoms with van der Waals surface area (Å²) >= 11 is 1.32. The molecule has 0 atom stereocenters.